The van der Waals surface area contributed by atoms with Gasteiger partial charge in [-0.15, -0.1) is 0 Å². The summed E-state index contributed by atoms with van der Waals surface area (Å²) in [6.07, 6.45) is 1.39. The first-order valence-electron chi connectivity index (χ1n) is 9.83. The number of nitrogens with one attached hydrogen (secondary N) is 2. The summed E-state index contributed by atoms with van der Waals surface area (Å²) in [4.78, 5) is 53.1. The molecule has 3 saturated heterocycles. The second kappa shape index (κ2) is 6.49. The Morgan fingerprint density at radius 3 is 2.71 bits per heavy atom. The molecule has 0 radical (unpaired) electrons. The highest BCUT2D eigenvalue weighted by molar-refractivity contribution is 6.24. The van der Waals surface area contributed by atoms with Crippen LogP contribution in [0, 0.1) is 5.92 Å². The summed E-state index contributed by atoms with van der Waals surface area (Å²) in [5, 5.41) is 5.64. The fraction of sp³-hybridized carbons (Fsp3) is 0.500. The third kappa shape index (κ3) is 2.59. The first-order valence-corrected chi connectivity index (χ1v) is 9.83. The zero-order valence-electron chi connectivity index (χ0n) is 15.4. The number of rotatable bonds is 3. The van der Waals surface area contributed by atoms with E-state index in [1.807, 2.05) is 6.07 Å². The van der Waals surface area contributed by atoms with Crippen molar-refractivity contribution in [3.05, 3.63) is 34.9 Å². The standard InChI is InChI=1S/C20H22N4O4/c25-16-5-4-15(18(26)22-16)24-19(27)13-3-1-2-11(17(13)20(24)28)9-23-10-12-8-21-7-6-14(12)23/h1-3,12,14-15,21H,4-10H2,(H,22,25,26). The van der Waals surface area contributed by atoms with E-state index >= 15 is 0 Å². The second-order valence-electron chi connectivity index (χ2n) is 8.04. The van der Waals surface area contributed by atoms with Crippen molar-refractivity contribution >= 4 is 23.6 Å². The molecule has 4 aliphatic heterocycles. The van der Waals surface area contributed by atoms with Crippen molar-refractivity contribution in [1.82, 2.24) is 20.4 Å². The summed E-state index contributed by atoms with van der Waals surface area (Å²) in [5.74, 6) is -1.16. The number of piperidine rings is 2. The number of hydrogen-bond donors (Lipinski definition) is 2. The highest BCUT2D eigenvalue weighted by atomic mass is 16.2. The summed E-state index contributed by atoms with van der Waals surface area (Å²) >= 11 is 0. The monoisotopic (exact) mass is 382 g/mol. The van der Waals surface area contributed by atoms with Crippen LogP contribution in [0.25, 0.3) is 0 Å². The van der Waals surface area contributed by atoms with Crippen LogP contribution in [-0.2, 0) is 16.1 Å². The van der Waals surface area contributed by atoms with Crippen LogP contribution in [0.2, 0.25) is 0 Å². The van der Waals surface area contributed by atoms with Crippen molar-refractivity contribution < 1.29 is 19.2 Å². The van der Waals surface area contributed by atoms with Gasteiger partial charge in [0.05, 0.1) is 11.1 Å². The molecule has 0 saturated carbocycles. The Morgan fingerprint density at radius 1 is 1.07 bits per heavy atom. The van der Waals surface area contributed by atoms with E-state index in [1.54, 1.807) is 12.1 Å². The fourth-order valence-corrected chi connectivity index (χ4v) is 4.99. The van der Waals surface area contributed by atoms with Gasteiger partial charge >= 0.3 is 0 Å². The minimum atomic E-state index is -0.921. The maximum atomic E-state index is 13.1. The van der Waals surface area contributed by atoms with Gasteiger partial charge in [0.25, 0.3) is 11.8 Å². The average molecular weight is 382 g/mol. The average Bonchev–Trinajstić information content (AvgIpc) is 2.92. The zero-order valence-corrected chi connectivity index (χ0v) is 15.4. The van der Waals surface area contributed by atoms with Gasteiger partial charge in [0.15, 0.2) is 0 Å². The number of amides is 4. The van der Waals surface area contributed by atoms with Crippen LogP contribution >= 0.6 is 0 Å². The first kappa shape index (κ1) is 17.5. The predicted octanol–water partition coefficient (Wildman–Crippen LogP) is -0.118. The van der Waals surface area contributed by atoms with Crippen molar-refractivity contribution in [3.8, 4) is 0 Å². The molecule has 28 heavy (non-hydrogen) atoms. The molecule has 1 aromatic carbocycles. The Hall–Kier alpha value is -2.58. The van der Waals surface area contributed by atoms with E-state index in [2.05, 4.69) is 15.5 Å². The van der Waals surface area contributed by atoms with E-state index in [9.17, 15) is 19.2 Å². The number of likely N-dealkylation sites (tertiary alicyclic amines) is 1. The molecule has 8 nitrogen and oxygen atoms in total. The number of carbonyl (C=O) groups is 4. The van der Waals surface area contributed by atoms with Gasteiger partial charge in [-0.3, -0.25) is 34.3 Å². The Kier molecular flexibility index (Phi) is 4.06. The molecule has 0 aromatic heterocycles. The summed E-state index contributed by atoms with van der Waals surface area (Å²) in [6, 6.07) is 4.94. The molecule has 3 fully saturated rings. The predicted molar refractivity (Wildman–Crippen MR) is 98.3 cm³/mol. The van der Waals surface area contributed by atoms with Gasteiger partial charge in [-0.1, -0.05) is 12.1 Å². The lowest BCUT2D eigenvalue weighted by Crippen LogP contribution is -2.62. The summed E-state index contributed by atoms with van der Waals surface area (Å²) in [5.41, 5.74) is 1.60. The molecule has 4 aliphatic rings. The highest BCUT2D eigenvalue weighted by Crippen LogP contribution is 2.34. The Morgan fingerprint density at radius 2 is 1.93 bits per heavy atom. The molecule has 146 valence electrons. The van der Waals surface area contributed by atoms with E-state index in [0.29, 0.717) is 29.6 Å². The molecule has 1 aromatic rings. The Labute approximate surface area is 162 Å². The van der Waals surface area contributed by atoms with E-state index in [1.165, 1.54) is 0 Å². The molecule has 0 spiro atoms. The van der Waals surface area contributed by atoms with Gasteiger partial charge in [-0.2, -0.15) is 0 Å². The van der Waals surface area contributed by atoms with Crippen molar-refractivity contribution in [2.24, 2.45) is 5.92 Å². The third-order valence-electron chi connectivity index (χ3n) is 6.43. The van der Waals surface area contributed by atoms with E-state index < -0.39 is 23.8 Å². The molecular formula is C20H22N4O4. The Bertz CT molecular complexity index is 898. The first-order chi connectivity index (χ1) is 13.5. The molecule has 3 unspecified atom stereocenters. The van der Waals surface area contributed by atoms with Gasteiger partial charge in [0.2, 0.25) is 11.8 Å². The van der Waals surface area contributed by atoms with Crippen LogP contribution < -0.4 is 10.6 Å². The Balaban J connectivity index is 1.41. The number of carbonyl (C=O) groups excluding carboxylic acids is 4. The van der Waals surface area contributed by atoms with E-state index in [0.717, 1.165) is 36.5 Å². The molecule has 4 amide bonds. The molecule has 3 atom stereocenters. The quantitative estimate of drug-likeness (QED) is 0.708. The SMILES string of the molecule is O=C1CCC(N2C(=O)c3cccc(CN4CC5CNCCC54)c3C2=O)C(=O)N1. The maximum Gasteiger partial charge on any atom is 0.262 e. The molecule has 5 rings (SSSR count). The van der Waals surface area contributed by atoms with Crippen molar-refractivity contribution in [2.45, 2.75) is 37.9 Å². The highest BCUT2D eigenvalue weighted by Gasteiger charge is 2.46. The molecule has 0 bridgehead atoms. The lowest BCUT2D eigenvalue weighted by molar-refractivity contribution is -0.136. The van der Waals surface area contributed by atoms with Gasteiger partial charge in [-0.25, -0.2) is 0 Å². The number of fused-ring (bicyclic) bond motifs is 2. The van der Waals surface area contributed by atoms with Crippen LogP contribution in [0.15, 0.2) is 18.2 Å². The van der Waals surface area contributed by atoms with Crippen molar-refractivity contribution in [2.75, 3.05) is 19.6 Å². The largest absolute Gasteiger partial charge is 0.316 e. The van der Waals surface area contributed by atoms with Crippen LogP contribution in [0.4, 0.5) is 0 Å². The molecule has 4 heterocycles. The summed E-state index contributed by atoms with van der Waals surface area (Å²) < 4.78 is 0. The van der Waals surface area contributed by atoms with Gasteiger partial charge in [0, 0.05) is 32.1 Å². The van der Waals surface area contributed by atoms with Gasteiger partial charge in [0.1, 0.15) is 6.04 Å². The molecule has 8 heteroatoms. The minimum absolute atomic E-state index is 0.127. The van der Waals surface area contributed by atoms with E-state index in [-0.39, 0.29) is 18.7 Å². The third-order valence-corrected chi connectivity index (χ3v) is 6.43. The molecule has 2 N–H and O–H groups in total. The van der Waals surface area contributed by atoms with Crippen LogP contribution in [-0.4, -0.2) is 65.1 Å². The van der Waals surface area contributed by atoms with Crippen molar-refractivity contribution in [1.29, 1.82) is 0 Å². The number of hydrogen-bond acceptors (Lipinski definition) is 6. The number of imide groups is 2. The summed E-state index contributed by atoms with van der Waals surface area (Å²) in [7, 11) is 0. The number of nitrogens with zero attached hydrogens (tertiary/aromatic N) is 2. The molecular weight excluding hydrogens is 360 g/mol. The van der Waals surface area contributed by atoms with Crippen LogP contribution in [0.5, 0.6) is 0 Å². The normalized spacial score (nSPS) is 30.0. The second-order valence-corrected chi connectivity index (χ2v) is 8.04. The van der Waals surface area contributed by atoms with Crippen molar-refractivity contribution in [3.63, 3.8) is 0 Å². The summed E-state index contributed by atoms with van der Waals surface area (Å²) in [6.45, 7) is 3.66. The van der Waals surface area contributed by atoms with Gasteiger partial charge in [-0.05, 0) is 36.9 Å². The maximum absolute atomic E-state index is 13.1. The van der Waals surface area contributed by atoms with E-state index in [4.69, 9.17) is 0 Å². The van der Waals surface area contributed by atoms with Gasteiger partial charge < -0.3 is 5.32 Å². The number of benzene rings is 1. The topological polar surface area (TPSA) is 98.8 Å². The van der Waals surface area contributed by atoms with Crippen LogP contribution in [0.1, 0.15) is 45.5 Å². The molecule has 0 aliphatic carbocycles. The zero-order chi connectivity index (χ0) is 19.4. The van der Waals surface area contributed by atoms with Crippen LogP contribution in [0.3, 0.4) is 0 Å². The lowest BCUT2D eigenvalue weighted by atomic mass is 9.83. The minimum Gasteiger partial charge on any atom is -0.316 e. The lowest BCUT2D eigenvalue weighted by Gasteiger charge is -2.51. The fourth-order valence-electron chi connectivity index (χ4n) is 4.99. The smallest absolute Gasteiger partial charge is 0.262 e.